The van der Waals surface area contributed by atoms with E-state index in [9.17, 15) is 4.79 Å². The normalized spacial score (nSPS) is 16.6. The van der Waals surface area contributed by atoms with Crippen molar-refractivity contribution in [3.8, 4) is 0 Å². The minimum atomic E-state index is -0.128. The van der Waals surface area contributed by atoms with Crippen LogP contribution in [0.25, 0.3) is 0 Å². The molecule has 0 saturated carbocycles. The summed E-state index contributed by atoms with van der Waals surface area (Å²) < 4.78 is 0. The highest BCUT2D eigenvalue weighted by Gasteiger charge is 2.21. The van der Waals surface area contributed by atoms with Gasteiger partial charge in [-0.1, -0.05) is 11.6 Å². The van der Waals surface area contributed by atoms with Crippen LogP contribution in [0.2, 0.25) is 5.02 Å². The second-order valence-electron chi connectivity index (χ2n) is 3.05. The lowest BCUT2D eigenvalue weighted by atomic mass is 10.3. The Labute approximate surface area is 86.9 Å². The van der Waals surface area contributed by atoms with E-state index in [4.69, 9.17) is 11.6 Å². The summed E-state index contributed by atoms with van der Waals surface area (Å²) in [7, 11) is 0. The van der Waals surface area contributed by atoms with Gasteiger partial charge >= 0.3 is 6.03 Å². The second kappa shape index (κ2) is 3.84. The van der Waals surface area contributed by atoms with Crippen molar-refractivity contribution in [2.75, 3.05) is 18.0 Å². The van der Waals surface area contributed by atoms with Crippen LogP contribution >= 0.6 is 11.6 Å². The fraction of sp³-hybridized carbons (Fsp3) is 0.333. The van der Waals surface area contributed by atoms with Crippen LogP contribution in [0.4, 0.5) is 10.6 Å². The molecule has 0 aromatic carbocycles. The summed E-state index contributed by atoms with van der Waals surface area (Å²) in [6.45, 7) is 1.39. The molecule has 0 atom stereocenters. The topological polar surface area (TPSA) is 45.2 Å². The maximum atomic E-state index is 11.5. The van der Waals surface area contributed by atoms with Gasteiger partial charge in [-0.2, -0.15) is 0 Å². The van der Waals surface area contributed by atoms with Crippen LogP contribution in [0.1, 0.15) is 6.42 Å². The van der Waals surface area contributed by atoms with Gasteiger partial charge in [-0.25, -0.2) is 9.78 Å². The van der Waals surface area contributed by atoms with Crippen molar-refractivity contribution < 1.29 is 4.79 Å². The molecule has 2 heterocycles. The molecule has 0 bridgehead atoms. The summed E-state index contributed by atoms with van der Waals surface area (Å²) in [4.78, 5) is 17.1. The number of rotatable bonds is 1. The first-order chi connectivity index (χ1) is 6.79. The molecule has 1 fully saturated rings. The zero-order valence-electron chi connectivity index (χ0n) is 7.53. The van der Waals surface area contributed by atoms with E-state index >= 15 is 0 Å². The molecular formula is C9H10ClN3O. The largest absolute Gasteiger partial charge is 0.338 e. The van der Waals surface area contributed by atoms with Crippen molar-refractivity contribution in [2.45, 2.75) is 6.42 Å². The molecule has 1 aliphatic heterocycles. The summed E-state index contributed by atoms with van der Waals surface area (Å²) in [5.74, 6) is 0.534. The highest BCUT2D eigenvalue weighted by Crippen LogP contribution is 2.23. The van der Waals surface area contributed by atoms with Gasteiger partial charge in [-0.15, -0.1) is 0 Å². The average molecular weight is 212 g/mol. The van der Waals surface area contributed by atoms with Crippen LogP contribution in [0.5, 0.6) is 0 Å². The van der Waals surface area contributed by atoms with E-state index in [2.05, 4.69) is 10.3 Å². The Morgan fingerprint density at radius 3 is 3.14 bits per heavy atom. The average Bonchev–Trinajstić information content (AvgIpc) is 2.20. The molecule has 2 amide bonds. The number of aromatic nitrogens is 1. The summed E-state index contributed by atoms with van der Waals surface area (Å²) >= 11 is 5.94. The smallest absolute Gasteiger partial charge is 0.323 e. The Morgan fingerprint density at radius 1 is 1.57 bits per heavy atom. The van der Waals surface area contributed by atoms with E-state index in [1.807, 2.05) is 0 Å². The van der Waals surface area contributed by atoms with Crippen LogP contribution in [0.3, 0.4) is 0 Å². The van der Waals surface area contributed by atoms with Crippen molar-refractivity contribution in [1.82, 2.24) is 10.3 Å². The highest BCUT2D eigenvalue weighted by molar-refractivity contribution is 6.33. The molecule has 0 spiro atoms. The van der Waals surface area contributed by atoms with E-state index in [1.165, 1.54) is 0 Å². The lowest BCUT2D eigenvalue weighted by Crippen LogP contribution is -2.47. The Bertz CT molecular complexity index is 356. The van der Waals surface area contributed by atoms with Crippen LogP contribution in [0.15, 0.2) is 18.3 Å². The molecule has 14 heavy (non-hydrogen) atoms. The molecule has 1 N–H and O–H groups in total. The number of nitrogens with zero attached hydrogens (tertiary/aromatic N) is 2. The van der Waals surface area contributed by atoms with Gasteiger partial charge in [-0.3, -0.25) is 4.90 Å². The molecule has 2 rings (SSSR count). The molecule has 4 nitrogen and oxygen atoms in total. The van der Waals surface area contributed by atoms with Crippen molar-refractivity contribution in [1.29, 1.82) is 0 Å². The molecule has 0 radical (unpaired) electrons. The maximum absolute atomic E-state index is 11.5. The van der Waals surface area contributed by atoms with Gasteiger partial charge in [0, 0.05) is 19.3 Å². The predicted octanol–water partition coefficient (Wildman–Crippen LogP) is 1.65. The van der Waals surface area contributed by atoms with Crippen LogP contribution in [0, 0.1) is 0 Å². The summed E-state index contributed by atoms with van der Waals surface area (Å²) in [6.07, 6.45) is 2.54. The third-order valence-electron chi connectivity index (χ3n) is 2.07. The first-order valence-corrected chi connectivity index (χ1v) is 4.83. The van der Waals surface area contributed by atoms with E-state index in [0.29, 0.717) is 17.4 Å². The first kappa shape index (κ1) is 9.27. The quantitative estimate of drug-likeness (QED) is 0.768. The number of carbonyl (C=O) groups is 1. The third kappa shape index (κ3) is 1.65. The monoisotopic (exact) mass is 211 g/mol. The Morgan fingerprint density at radius 2 is 2.43 bits per heavy atom. The van der Waals surface area contributed by atoms with E-state index in [-0.39, 0.29) is 6.03 Å². The molecule has 0 aliphatic carbocycles. The lowest BCUT2D eigenvalue weighted by Gasteiger charge is -2.26. The number of hydrogen-bond donors (Lipinski definition) is 1. The molecule has 1 aromatic heterocycles. The van der Waals surface area contributed by atoms with Crippen molar-refractivity contribution in [3.63, 3.8) is 0 Å². The van der Waals surface area contributed by atoms with Crippen LogP contribution < -0.4 is 10.2 Å². The number of nitrogens with one attached hydrogen (secondary N) is 1. The Balaban J connectivity index is 2.29. The number of halogens is 1. The van der Waals surface area contributed by atoms with Gasteiger partial charge in [0.05, 0.1) is 5.02 Å². The SMILES string of the molecule is O=C1NCCCN1c1ncccc1Cl. The number of pyridine rings is 1. The third-order valence-corrected chi connectivity index (χ3v) is 2.37. The fourth-order valence-corrected chi connectivity index (χ4v) is 1.63. The van der Waals surface area contributed by atoms with Gasteiger partial charge in [-0.05, 0) is 18.6 Å². The summed E-state index contributed by atoms with van der Waals surface area (Å²) in [5, 5.41) is 3.25. The van der Waals surface area contributed by atoms with E-state index in [1.54, 1.807) is 23.2 Å². The molecular weight excluding hydrogens is 202 g/mol. The number of hydrogen-bond acceptors (Lipinski definition) is 2. The number of carbonyl (C=O) groups excluding carboxylic acids is 1. The van der Waals surface area contributed by atoms with Crippen LogP contribution in [-0.2, 0) is 0 Å². The molecule has 0 unspecified atom stereocenters. The van der Waals surface area contributed by atoms with Gasteiger partial charge < -0.3 is 5.32 Å². The molecule has 5 heteroatoms. The van der Waals surface area contributed by atoms with E-state index in [0.717, 1.165) is 13.0 Å². The van der Waals surface area contributed by atoms with Gasteiger partial charge in [0.2, 0.25) is 0 Å². The minimum Gasteiger partial charge on any atom is -0.338 e. The first-order valence-electron chi connectivity index (χ1n) is 4.45. The molecule has 74 valence electrons. The molecule has 1 saturated heterocycles. The fourth-order valence-electron chi connectivity index (χ4n) is 1.41. The lowest BCUT2D eigenvalue weighted by molar-refractivity contribution is 0.242. The predicted molar refractivity (Wildman–Crippen MR) is 54.6 cm³/mol. The van der Waals surface area contributed by atoms with Crippen LogP contribution in [-0.4, -0.2) is 24.1 Å². The van der Waals surface area contributed by atoms with Gasteiger partial charge in [0.15, 0.2) is 5.82 Å². The number of anilines is 1. The van der Waals surface area contributed by atoms with Gasteiger partial charge in [0.1, 0.15) is 0 Å². The van der Waals surface area contributed by atoms with Crippen molar-refractivity contribution >= 4 is 23.4 Å². The zero-order chi connectivity index (χ0) is 9.97. The van der Waals surface area contributed by atoms with Crippen molar-refractivity contribution in [2.24, 2.45) is 0 Å². The highest BCUT2D eigenvalue weighted by atomic mass is 35.5. The summed E-state index contributed by atoms with van der Waals surface area (Å²) in [5.41, 5.74) is 0. The second-order valence-corrected chi connectivity index (χ2v) is 3.45. The Hall–Kier alpha value is -1.29. The standard InChI is InChI=1S/C9H10ClN3O/c10-7-3-1-4-11-8(7)13-6-2-5-12-9(13)14/h1,3-4H,2,5-6H2,(H,12,14). The van der Waals surface area contributed by atoms with E-state index < -0.39 is 0 Å². The summed E-state index contributed by atoms with van der Waals surface area (Å²) in [6, 6.07) is 3.34. The number of urea groups is 1. The maximum Gasteiger partial charge on any atom is 0.323 e. The molecule has 1 aromatic rings. The Kier molecular flexibility index (Phi) is 2.54. The minimum absolute atomic E-state index is 0.128. The molecule has 1 aliphatic rings. The van der Waals surface area contributed by atoms with Gasteiger partial charge in [0.25, 0.3) is 0 Å². The number of amides is 2. The zero-order valence-corrected chi connectivity index (χ0v) is 8.29. The van der Waals surface area contributed by atoms with Crippen molar-refractivity contribution in [3.05, 3.63) is 23.4 Å².